The monoisotopic (exact) mass is 192 g/mol. The van der Waals surface area contributed by atoms with E-state index in [1.807, 2.05) is 0 Å². The van der Waals surface area contributed by atoms with E-state index >= 15 is 0 Å². The molecule has 0 saturated heterocycles. The first-order valence-corrected chi connectivity index (χ1v) is 3.95. The molecular formula is C9H8N2O3. The molecule has 2 rings (SSSR count). The molecule has 0 unspecified atom stereocenters. The number of pyridine rings is 1. The summed E-state index contributed by atoms with van der Waals surface area (Å²) in [4.78, 5) is 15.1. The van der Waals surface area contributed by atoms with E-state index in [4.69, 9.17) is 10.2 Å². The summed E-state index contributed by atoms with van der Waals surface area (Å²) in [6, 6.07) is 3.45. The minimum absolute atomic E-state index is 0.00111. The molecule has 0 aliphatic heterocycles. The molecule has 5 heteroatoms. The van der Waals surface area contributed by atoms with Crippen LogP contribution in [0.15, 0.2) is 22.7 Å². The minimum Gasteiger partial charge on any atom is -0.463 e. The van der Waals surface area contributed by atoms with E-state index in [0.717, 1.165) is 0 Å². The van der Waals surface area contributed by atoms with Crippen LogP contribution in [-0.4, -0.2) is 18.1 Å². The molecule has 2 N–H and O–H groups in total. The maximum absolute atomic E-state index is 11.2. The zero-order chi connectivity index (χ0) is 10.1. The SMILES string of the molecule is COC(=O)c1oc2ncccc2c1N. The number of aromatic nitrogens is 1. The van der Waals surface area contributed by atoms with Crippen molar-refractivity contribution >= 4 is 22.8 Å². The lowest BCUT2D eigenvalue weighted by molar-refractivity contribution is 0.0569. The van der Waals surface area contributed by atoms with Crippen molar-refractivity contribution in [1.29, 1.82) is 0 Å². The van der Waals surface area contributed by atoms with Crippen molar-refractivity contribution in [3.8, 4) is 0 Å². The summed E-state index contributed by atoms with van der Waals surface area (Å²) in [5.74, 6) is -0.596. The van der Waals surface area contributed by atoms with Gasteiger partial charge in [0.15, 0.2) is 0 Å². The summed E-state index contributed by atoms with van der Waals surface area (Å²) >= 11 is 0. The van der Waals surface area contributed by atoms with Gasteiger partial charge in [-0.05, 0) is 12.1 Å². The average Bonchev–Trinajstić information content (AvgIpc) is 2.56. The molecule has 0 aromatic carbocycles. The largest absolute Gasteiger partial charge is 0.463 e. The number of rotatable bonds is 1. The summed E-state index contributed by atoms with van der Waals surface area (Å²) in [6.45, 7) is 0. The van der Waals surface area contributed by atoms with Gasteiger partial charge in [0.05, 0.1) is 18.2 Å². The van der Waals surface area contributed by atoms with Crippen molar-refractivity contribution in [2.24, 2.45) is 0 Å². The summed E-state index contributed by atoms with van der Waals surface area (Å²) in [5.41, 5.74) is 6.28. The normalized spacial score (nSPS) is 10.4. The fraction of sp³-hybridized carbons (Fsp3) is 0.111. The highest BCUT2D eigenvalue weighted by Gasteiger charge is 2.18. The van der Waals surface area contributed by atoms with E-state index in [1.54, 1.807) is 18.3 Å². The smallest absolute Gasteiger partial charge is 0.376 e. The molecule has 5 nitrogen and oxygen atoms in total. The second-order valence-corrected chi connectivity index (χ2v) is 2.69. The van der Waals surface area contributed by atoms with Gasteiger partial charge in [0.1, 0.15) is 0 Å². The molecule has 0 radical (unpaired) electrons. The van der Waals surface area contributed by atoms with Crippen molar-refractivity contribution in [3.63, 3.8) is 0 Å². The standard InChI is InChI=1S/C9H8N2O3/c1-13-9(12)7-6(10)5-3-2-4-11-8(5)14-7/h2-4H,10H2,1H3. The van der Waals surface area contributed by atoms with Gasteiger partial charge in [-0.1, -0.05) is 0 Å². The van der Waals surface area contributed by atoms with Crippen molar-refractivity contribution in [3.05, 3.63) is 24.1 Å². The Balaban J connectivity index is 2.68. The van der Waals surface area contributed by atoms with Crippen molar-refractivity contribution in [2.75, 3.05) is 12.8 Å². The number of furan rings is 1. The second kappa shape index (κ2) is 3.02. The van der Waals surface area contributed by atoms with Crippen LogP contribution >= 0.6 is 0 Å². The van der Waals surface area contributed by atoms with E-state index in [0.29, 0.717) is 11.1 Å². The first-order valence-electron chi connectivity index (χ1n) is 3.95. The molecule has 72 valence electrons. The lowest BCUT2D eigenvalue weighted by Gasteiger charge is -1.93. The number of ether oxygens (including phenoxy) is 1. The van der Waals surface area contributed by atoms with Gasteiger partial charge in [0.2, 0.25) is 11.5 Å². The summed E-state index contributed by atoms with van der Waals surface area (Å²) in [6.07, 6.45) is 1.56. The van der Waals surface area contributed by atoms with Crippen LogP contribution in [0.5, 0.6) is 0 Å². The maximum Gasteiger partial charge on any atom is 0.376 e. The van der Waals surface area contributed by atoms with E-state index in [9.17, 15) is 4.79 Å². The van der Waals surface area contributed by atoms with Crippen LogP contribution in [0.3, 0.4) is 0 Å². The molecule has 0 bridgehead atoms. The maximum atomic E-state index is 11.2. The van der Waals surface area contributed by atoms with Crippen LogP contribution in [0.2, 0.25) is 0 Å². The molecule has 0 fully saturated rings. The van der Waals surface area contributed by atoms with Crippen LogP contribution in [-0.2, 0) is 4.74 Å². The van der Waals surface area contributed by atoms with Crippen LogP contribution < -0.4 is 5.73 Å². The van der Waals surface area contributed by atoms with Gasteiger partial charge < -0.3 is 14.9 Å². The first-order chi connectivity index (χ1) is 6.74. The van der Waals surface area contributed by atoms with Crippen LogP contribution in [0, 0.1) is 0 Å². The molecule has 2 aromatic heterocycles. The van der Waals surface area contributed by atoms with Gasteiger partial charge >= 0.3 is 5.97 Å². The summed E-state index contributed by atoms with van der Waals surface area (Å²) in [5, 5.41) is 0.618. The fourth-order valence-corrected chi connectivity index (χ4v) is 1.20. The number of nitrogen functional groups attached to an aromatic ring is 1. The summed E-state index contributed by atoms with van der Waals surface area (Å²) in [7, 11) is 1.27. The average molecular weight is 192 g/mol. The Morgan fingerprint density at radius 2 is 2.43 bits per heavy atom. The molecule has 0 aliphatic carbocycles. The topological polar surface area (TPSA) is 78.3 Å². The Morgan fingerprint density at radius 1 is 1.64 bits per heavy atom. The summed E-state index contributed by atoms with van der Waals surface area (Å²) < 4.78 is 9.65. The molecule has 2 heterocycles. The van der Waals surface area contributed by atoms with Crippen LogP contribution in [0.4, 0.5) is 5.69 Å². The van der Waals surface area contributed by atoms with E-state index in [1.165, 1.54) is 7.11 Å². The number of hydrogen-bond acceptors (Lipinski definition) is 5. The fourth-order valence-electron chi connectivity index (χ4n) is 1.20. The Bertz CT molecular complexity index is 490. The molecule has 0 atom stereocenters. The van der Waals surface area contributed by atoms with Gasteiger partial charge in [-0.3, -0.25) is 0 Å². The van der Waals surface area contributed by atoms with Crippen molar-refractivity contribution in [2.45, 2.75) is 0 Å². The van der Waals surface area contributed by atoms with Crippen LogP contribution in [0.25, 0.3) is 11.1 Å². The third kappa shape index (κ3) is 1.10. The molecule has 2 aromatic rings. The second-order valence-electron chi connectivity index (χ2n) is 2.69. The van der Waals surface area contributed by atoms with Gasteiger partial charge in [-0.2, -0.15) is 0 Å². The lowest BCUT2D eigenvalue weighted by atomic mass is 10.3. The van der Waals surface area contributed by atoms with E-state index in [-0.39, 0.29) is 11.4 Å². The number of fused-ring (bicyclic) bond motifs is 1. The third-order valence-electron chi connectivity index (χ3n) is 1.88. The van der Waals surface area contributed by atoms with Crippen molar-refractivity contribution in [1.82, 2.24) is 4.98 Å². The number of nitrogens with zero attached hydrogens (tertiary/aromatic N) is 1. The molecule has 0 spiro atoms. The zero-order valence-corrected chi connectivity index (χ0v) is 7.48. The minimum atomic E-state index is -0.597. The molecule has 0 amide bonds. The van der Waals surface area contributed by atoms with Gasteiger partial charge in [-0.25, -0.2) is 9.78 Å². The van der Waals surface area contributed by atoms with E-state index < -0.39 is 5.97 Å². The molecule has 0 aliphatic rings. The predicted octanol–water partition coefficient (Wildman–Crippen LogP) is 1.20. The molecular weight excluding hydrogens is 184 g/mol. The number of methoxy groups -OCH3 is 1. The third-order valence-corrected chi connectivity index (χ3v) is 1.88. The highest BCUT2D eigenvalue weighted by atomic mass is 16.5. The Hall–Kier alpha value is -2.04. The first kappa shape index (κ1) is 8.55. The Morgan fingerprint density at radius 3 is 3.07 bits per heavy atom. The van der Waals surface area contributed by atoms with Gasteiger partial charge in [0, 0.05) is 6.20 Å². The van der Waals surface area contributed by atoms with Gasteiger partial charge in [0.25, 0.3) is 0 Å². The number of anilines is 1. The quantitative estimate of drug-likeness (QED) is 0.686. The number of carbonyl (C=O) groups is 1. The zero-order valence-electron chi connectivity index (χ0n) is 7.48. The number of carbonyl (C=O) groups excluding carboxylic acids is 1. The molecule has 0 saturated carbocycles. The Kier molecular flexibility index (Phi) is 1.85. The van der Waals surface area contributed by atoms with Gasteiger partial charge in [-0.15, -0.1) is 0 Å². The highest BCUT2D eigenvalue weighted by Crippen LogP contribution is 2.26. The van der Waals surface area contributed by atoms with E-state index in [2.05, 4.69) is 9.72 Å². The number of hydrogen-bond donors (Lipinski definition) is 1. The lowest BCUT2D eigenvalue weighted by Crippen LogP contribution is -2.02. The van der Waals surface area contributed by atoms with Crippen molar-refractivity contribution < 1.29 is 13.9 Å². The van der Waals surface area contributed by atoms with Crippen LogP contribution in [0.1, 0.15) is 10.6 Å². The molecule has 14 heavy (non-hydrogen) atoms. The predicted molar refractivity (Wildman–Crippen MR) is 49.8 cm³/mol. The highest BCUT2D eigenvalue weighted by molar-refractivity contribution is 6.02. The number of esters is 1. The number of nitrogens with two attached hydrogens (primary N) is 1. The Labute approximate surface area is 79.5 Å².